The minimum absolute atomic E-state index is 0.0787. The number of carbonyl (C=O) groups is 2. The lowest BCUT2D eigenvalue weighted by Gasteiger charge is -2.35. The van der Waals surface area contributed by atoms with E-state index in [0.29, 0.717) is 37.7 Å². The molecule has 0 unspecified atom stereocenters. The summed E-state index contributed by atoms with van der Waals surface area (Å²) in [6.45, 7) is 2.45. The van der Waals surface area contributed by atoms with Gasteiger partial charge in [0, 0.05) is 26.2 Å². The zero-order chi connectivity index (χ0) is 13.9. The highest BCUT2D eigenvalue weighted by atomic mass is 16.6. The van der Waals surface area contributed by atoms with Gasteiger partial charge in [-0.25, -0.2) is 0 Å². The Bertz CT molecular complexity index is 512. The third-order valence-electron chi connectivity index (χ3n) is 3.56. The van der Waals surface area contributed by atoms with Gasteiger partial charge in [0.15, 0.2) is 11.5 Å². The van der Waals surface area contributed by atoms with Crippen LogP contribution in [0.1, 0.15) is 0 Å². The summed E-state index contributed by atoms with van der Waals surface area (Å²) in [7, 11) is 0. The molecule has 2 aliphatic heterocycles. The van der Waals surface area contributed by atoms with E-state index in [9.17, 15) is 9.59 Å². The highest BCUT2D eigenvalue weighted by molar-refractivity contribution is 5.82. The maximum atomic E-state index is 12.4. The number of piperazine rings is 1. The summed E-state index contributed by atoms with van der Waals surface area (Å²) in [4.78, 5) is 26.4. The number of amides is 2. The third kappa shape index (κ3) is 2.41. The van der Waals surface area contributed by atoms with E-state index in [-0.39, 0.29) is 12.5 Å². The van der Waals surface area contributed by atoms with Crippen molar-refractivity contribution in [3.63, 3.8) is 0 Å². The zero-order valence-corrected chi connectivity index (χ0v) is 11.0. The molecule has 2 heterocycles. The number of hydrogen-bond acceptors (Lipinski definition) is 4. The Morgan fingerprint density at radius 1 is 1.15 bits per heavy atom. The van der Waals surface area contributed by atoms with Crippen LogP contribution in [0.25, 0.3) is 0 Å². The molecule has 1 atom stereocenters. The molecule has 0 bridgehead atoms. The number of benzene rings is 1. The highest BCUT2D eigenvalue weighted by Gasteiger charge is 2.32. The van der Waals surface area contributed by atoms with E-state index in [4.69, 9.17) is 9.47 Å². The van der Waals surface area contributed by atoms with Gasteiger partial charge >= 0.3 is 0 Å². The molecule has 1 aromatic carbocycles. The minimum Gasteiger partial charge on any atom is -0.485 e. The number of fused-ring (bicyclic) bond motifs is 1. The quantitative estimate of drug-likeness (QED) is 0.720. The van der Waals surface area contributed by atoms with Crippen LogP contribution < -0.4 is 9.47 Å². The first-order chi connectivity index (χ1) is 9.78. The molecule has 0 saturated carbocycles. The summed E-state index contributed by atoms with van der Waals surface area (Å²) in [5, 5.41) is 0. The second-order valence-corrected chi connectivity index (χ2v) is 4.83. The lowest BCUT2D eigenvalue weighted by atomic mass is 10.2. The van der Waals surface area contributed by atoms with Crippen molar-refractivity contribution in [3.8, 4) is 11.5 Å². The topological polar surface area (TPSA) is 59.1 Å². The van der Waals surface area contributed by atoms with Crippen LogP contribution in [0.4, 0.5) is 0 Å². The summed E-state index contributed by atoms with van der Waals surface area (Å²) in [5.41, 5.74) is 0. The second-order valence-electron chi connectivity index (χ2n) is 4.83. The normalized spacial score (nSPS) is 21.5. The average molecular weight is 276 g/mol. The van der Waals surface area contributed by atoms with Crippen LogP contribution in [0.2, 0.25) is 0 Å². The number of carbonyl (C=O) groups excluding carboxylic acids is 2. The number of rotatable bonds is 2. The van der Waals surface area contributed by atoms with Crippen LogP contribution in [0.3, 0.4) is 0 Å². The molecule has 0 N–H and O–H groups in total. The molecule has 0 aromatic heterocycles. The Hall–Kier alpha value is -2.24. The molecule has 6 nitrogen and oxygen atoms in total. The molecule has 3 rings (SSSR count). The number of nitrogens with zero attached hydrogens (tertiary/aromatic N) is 2. The van der Waals surface area contributed by atoms with E-state index < -0.39 is 6.10 Å². The van der Waals surface area contributed by atoms with E-state index in [1.165, 1.54) is 0 Å². The van der Waals surface area contributed by atoms with Gasteiger partial charge in [0.25, 0.3) is 5.91 Å². The Morgan fingerprint density at radius 3 is 2.55 bits per heavy atom. The van der Waals surface area contributed by atoms with Crippen LogP contribution in [0.5, 0.6) is 11.5 Å². The monoisotopic (exact) mass is 276 g/mol. The van der Waals surface area contributed by atoms with Gasteiger partial charge in [-0.1, -0.05) is 12.1 Å². The van der Waals surface area contributed by atoms with Crippen molar-refractivity contribution in [2.75, 3.05) is 32.8 Å². The molecular weight excluding hydrogens is 260 g/mol. The van der Waals surface area contributed by atoms with Gasteiger partial charge in [-0.2, -0.15) is 0 Å². The van der Waals surface area contributed by atoms with Gasteiger partial charge in [-0.15, -0.1) is 0 Å². The van der Waals surface area contributed by atoms with Crippen LogP contribution >= 0.6 is 0 Å². The van der Waals surface area contributed by atoms with E-state index in [1.807, 2.05) is 18.2 Å². The van der Waals surface area contributed by atoms with E-state index in [2.05, 4.69) is 0 Å². The first kappa shape index (κ1) is 12.8. The van der Waals surface area contributed by atoms with Crippen molar-refractivity contribution < 1.29 is 19.1 Å². The minimum atomic E-state index is -0.604. The fourth-order valence-corrected chi connectivity index (χ4v) is 2.39. The predicted molar refractivity (Wildman–Crippen MR) is 70.6 cm³/mol. The zero-order valence-electron chi connectivity index (χ0n) is 11.0. The average Bonchev–Trinajstić information content (AvgIpc) is 2.54. The molecule has 2 amide bonds. The maximum Gasteiger partial charge on any atom is 0.267 e. The fourth-order valence-electron chi connectivity index (χ4n) is 2.39. The van der Waals surface area contributed by atoms with Gasteiger partial charge < -0.3 is 19.3 Å². The number of hydrogen-bond donors (Lipinski definition) is 0. The van der Waals surface area contributed by atoms with Crippen molar-refractivity contribution in [3.05, 3.63) is 24.3 Å². The summed E-state index contributed by atoms with van der Waals surface area (Å²) in [6.07, 6.45) is 0.214. The molecule has 1 fully saturated rings. The van der Waals surface area contributed by atoms with Crippen molar-refractivity contribution >= 4 is 12.3 Å². The SMILES string of the molecule is O=CN1CCN(C(=O)[C@H]2COc3ccccc3O2)CC1. The first-order valence-corrected chi connectivity index (χ1v) is 6.64. The van der Waals surface area contributed by atoms with Gasteiger partial charge in [0.2, 0.25) is 12.5 Å². The lowest BCUT2D eigenvalue weighted by Crippen LogP contribution is -2.53. The summed E-state index contributed by atoms with van der Waals surface area (Å²) in [6, 6.07) is 7.32. The molecule has 20 heavy (non-hydrogen) atoms. The van der Waals surface area contributed by atoms with Crippen LogP contribution in [0.15, 0.2) is 24.3 Å². The van der Waals surface area contributed by atoms with Crippen LogP contribution in [0, 0.1) is 0 Å². The molecule has 0 radical (unpaired) electrons. The fraction of sp³-hybridized carbons (Fsp3) is 0.429. The summed E-state index contributed by atoms with van der Waals surface area (Å²) >= 11 is 0. The largest absolute Gasteiger partial charge is 0.485 e. The molecule has 1 saturated heterocycles. The Kier molecular flexibility index (Phi) is 3.45. The van der Waals surface area contributed by atoms with E-state index in [1.54, 1.807) is 15.9 Å². The number of para-hydroxylation sites is 2. The van der Waals surface area contributed by atoms with Crippen molar-refractivity contribution in [1.29, 1.82) is 0 Å². The van der Waals surface area contributed by atoms with Crippen LogP contribution in [-0.4, -0.2) is 61.0 Å². The molecular formula is C14H16N2O4. The van der Waals surface area contributed by atoms with Gasteiger partial charge in [-0.05, 0) is 12.1 Å². The molecule has 106 valence electrons. The van der Waals surface area contributed by atoms with Crippen molar-refractivity contribution in [1.82, 2.24) is 9.80 Å². The highest BCUT2D eigenvalue weighted by Crippen LogP contribution is 2.31. The lowest BCUT2D eigenvalue weighted by molar-refractivity contribution is -0.144. The summed E-state index contributed by atoms with van der Waals surface area (Å²) in [5.74, 6) is 1.19. The Balaban J connectivity index is 1.63. The Labute approximate surface area is 116 Å². The molecule has 1 aromatic rings. The van der Waals surface area contributed by atoms with Crippen LogP contribution in [-0.2, 0) is 9.59 Å². The molecule has 0 aliphatic carbocycles. The van der Waals surface area contributed by atoms with E-state index in [0.717, 1.165) is 6.41 Å². The van der Waals surface area contributed by atoms with Gasteiger partial charge in [0.1, 0.15) is 6.61 Å². The van der Waals surface area contributed by atoms with Crippen molar-refractivity contribution in [2.45, 2.75) is 6.10 Å². The van der Waals surface area contributed by atoms with E-state index >= 15 is 0 Å². The predicted octanol–water partition coefficient (Wildman–Crippen LogP) is 0.127. The smallest absolute Gasteiger partial charge is 0.267 e. The number of ether oxygens (including phenoxy) is 2. The standard InChI is InChI=1S/C14H16N2O4/c17-10-15-5-7-16(8-6-15)14(18)13-9-19-11-3-1-2-4-12(11)20-13/h1-4,10,13H,5-9H2/t13-/m1/s1. The van der Waals surface area contributed by atoms with Gasteiger partial charge in [0.05, 0.1) is 0 Å². The molecule has 0 spiro atoms. The second kappa shape index (κ2) is 5.40. The maximum absolute atomic E-state index is 12.4. The van der Waals surface area contributed by atoms with Crippen molar-refractivity contribution in [2.24, 2.45) is 0 Å². The van der Waals surface area contributed by atoms with Gasteiger partial charge in [-0.3, -0.25) is 9.59 Å². The summed E-state index contributed by atoms with van der Waals surface area (Å²) < 4.78 is 11.3. The third-order valence-corrected chi connectivity index (χ3v) is 3.56. The molecule has 6 heteroatoms. The first-order valence-electron chi connectivity index (χ1n) is 6.64. The Morgan fingerprint density at radius 2 is 1.85 bits per heavy atom. The molecule has 2 aliphatic rings.